The molecule has 0 saturated carbocycles. The molecule has 8 heteroatoms. The van der Waals surface area contributed by atoms with Gasteiger partial charge in [-0.15, -0.1) is 0 Å². The van der Waals surface area contributed by atoms with E-state index in [0.717, 1.165) is 22.2 Å². The van der Waals surface area contributed by atoms with Gasteiger partial charge in [0.1, 0.15) is 0 Å². The number of fused-ring (bicyclic) bond motifs is 3. The molecule has 1 aliphatic heterocycles. The third-order valence-corrected chi connectivity index (χ3v) is 5.84. The lowest BCUT2D eigenvalue weighted by Crippen LogP contribution is -2.35. The predicted octanol–water partition coefficient (Wildman–Crippen LogP) is 4.35. The minimum atomic E-state index is -0.387. The van der Waals surface area contributed by atoms with Gasteiger partial charge in [-0.25, -0.2) is 4.79 Å². The molecule has 8 nitrogen and oxygen atoms in total. The van der Waals surface area contributed by atoms with Crippen molar-refractivity contribution in [3.8, 4) is 17.2 Å². The summed E-state index contributed by atoms with van der Waals surface area (Å²) in [6.45, 7) is 8.00. The van der Waals surface area contributed by atoms with Crippen LogP contribution in [0.15, 0.2) is 30.3 Å². The van der Waals surface area contributed by atoms with E-state index in [4.69, 9.17) is 18.9 Å². The number of carbonyl (C=O) groups is 2. The smallest absolute Gasteiger partial charge is 0.337 e. The first-order valence-corrected chi connectivity index (χ1v) is 11.6. The van der Waals surface area contributed by atoms with Gasteiger partial charge >= 0.3 is 5.97 Å². The number of esters is 1. The first-order chi connectivity index (χ1) is 16.5. The second kappa shape index (κ2) is 10.1. The van der Waals surface area contributed by atoms with Crippen LogP contribution in [0.3, 0.4) is 0 Å². The highest BCUT2D eigenvalue weighted by Gasteiger charge is 2.27. The summed E-state index contributed by atoms with van der Waals surface area (Å²) in [4.78, 5) is 30.8. The van der Waals surface area contributed by atoms with Crippen molar-refractivity contribution in [3.05, 3.63) is 52.7 Å². The monoisotopic (exact) mass is 466 g/mol. The molecule has 0 aliphatic carbocycles. The molecule has 0 unspecified atom stereocenters. The number of aromatic nitrogens is 1. The zero-order valence-electron chi connectivity index (χ0n) is 20.0. The molecule has 0 atom stereocenters. The average molecular weight is 467 g/mol. The van der Waals surface area contributed by atoms with Crippen LogP contribution in [0, 0.1) is 0 Å². The van der Waals surface area contributed by atoms with E-state index in [1.165, 1.54) is 7.11 Å². The van der Waals surface area contributed by atoms with E-state index in [0.29, 0.717) is 67.7 Å². The summed E-state index contributed by atoms with van der Waals surface area (Å²) in [5.74, 6) is 0.990. The summed E-state index contributed by atoms with van der Waals surface area (Å²) >= 11 is 0. The normalized spacial score (nSPS) is 12.9. The van der Waals surface area contributed by atoms with Gasteiger partial charge in [0.05, 0.1) is 32.5 Å². The fourth-order valence-corrected chi connectivity index (χ4v) is 4.33. The molecule has 34 heavy (non-hydrogen) atoms. The fourth-order valence-electron chi connectivity index (χ4n) is 4.33. The third-order valence-electron chi connectivity index (χ3n) is 5.84. The molecular weight excluding hydrogens is 436 g/mol. The second-order valence-electron chi connectivity index (χ2n) is 7.91. The van der Waals surface area contributed by atoms with Gasteiger partial charge < -0.3 is 28.8 Å². The van der Waals surface area contributed by atoms with Crippen LogP contribution >= 0.6 is 0 Å². The summed E-state index contributed by atoms with van der Waals surface area (Å²) in [5.41, 5.74) is 3.99. The molecule has 1 amide bonds. The molecule has 2 heterocycles. The molecule has 3 aromatic rings. The first-order valence-electron chi connectivity index (χ1n) is 11.6. The van der Waals surface area contributed by atoms with Crippen molar-refractivity contribution in [2.75, 3.05) is 33.5 Å². The van der Waals surface area contributed by atoms with Crippen LogP contribution in [0.2, 0.25) is 0 Å². The Bertz CT molecular complexity index is 1190. The van der Waals surface area contributed by atoms with Crippen molar-refractivity contribution in [1.82, 2.24) is 9.88 Å². The first kappa shape index (κ1) is 23.5. The lowest BCUT2D eigenvalue weighted by atomic mass is 10.0. The molecule has 4 rings (SSSR count). The van der Waals surface area contributed by atoms with Crippen molar-refractivity contribution >= 4 is 22.8 Å². The number of amides is 1. The summed E-state index contributed by atoms with van der Waals surface area (Å²) in [7, 11) is 1.36. The predicted molar refractivity (Wildman–Crippen MR) is 128 cm³/mol. The Morgan fingerprint density at radius 3 is 2.24 bits per heavy atom. The maximum Gasteiger partial charge on any atom is 0.337 e. The van der Waals surface area contributed by atoms with Crippen LogP contribution in [0.4, 0.5) is 0 Å². The Morgan fingerprint density at radius 2 is 1.62 bits per heavy atom. The molecule has 180 valence electrons. The number of nitrogens with one attached hydrogen (secondary N) is 1. The van der Waals surface area contributed by atoms with Gasteiger partial charge in [-0.1, -0.05) is 0 Å². The fraction of sp³-hybridized carbons (Fsp3) is 0.385. The molecular formula is C26H30N2O6. The SMILES string of the molecule is CCOc1cc(C(=O)N2CCc3[nH]c4ccc(C(=O)OC)cc4c3C2)cc(OCC)c1OCC. The van der Waals surface area contributed by atoms with Gasteiger partial charge in [-0.05, 0) is 51.1 Å². The Balaban J connectivity index is 1.68. The van der Waals surface area contributed by atoms with Gasteiger partial charge in [0.15, 0.2) is 11.5 Å². The van der Waals surface area contributed by atoms with Crippen LogP contribution in [0.1, 0.15) is 52.7 Å². The van der Waals surface area contributed by atoms with Gasteiger partial charge in [0, 0.05) is 47.2 Å². The van der Waals surface area contributed by atoms with E-state index in [2.05, 4.69) is 4.98 Å². The largest absolute Gasteiger partial charge is 0.490 e. The lowest BCUT2D eigenvalue weighted by Gasteiger charge is -2.28. The summed E-state index contributed by atoms with van der Waals surface area (Å²) in [6, 6.07) is 8.88. The highest BCUT2D eigenvalue weighted by molar-refractivity contribution is 5.98. The number of ether oxygens (including phenoxy) is 4. The van der Waals surface area contributed by atoms with E-state index < -0.39 is 0 Å². The Kier molecular flexibility index (Phi) is 6.95. The number of methoxy groups -OCH3 is 1. The zero-order valence-corrected chi connectivity index (χ0v) is 20.0. The molecule has 0 saturated heterocycles. The topological polar surface area (TPSA) is 90.1 Å². The maximum absolute atomic E-state index is 13.6. The number of benzene rings is 2. The van der Waals surface area contributed by atoms with E-state index in [1.807, 2.05) is 37.8 Å². The number of hydrogen-bond donors (Lipinski definition) is 1. The zero-order chi connectivity index (χ0) is 24.2. The minimum Gasteiger partial charge on any atom is -0.490 e. The second-order valence-corrected chi connectivity index (χ2v) is 7.91. The standard InChI is InChI=1S/C26H30N2O6/c1-5-32-22-13-17(14-23(33-6-2)24(22)34-7-3)25(29)28-11-10-21-19(15-28)18-12-16(26(30)31-4)8-9-20(18)27-21/h8-9,12-14,27H,5-7,10-11,15H2,1-4H3. The lowest BCUT2D eigenvalue weighted by molar-refractivity contribution is 0.0600. The molecule has 2 aromatic carbocycles. The summed E-state index contributed by atoms with van der Waals surface area (Å²) in [5, 5.41) is 0.923. The van der Waals surface area contributed by atoms with Gasteiger partial charge in [0.2, 0.25) is 5.75 Å². The molecule has 0 bridgehead atoms. The van der Waals surface area contributed by atoms with Crippen molar-refractivity contribution in [3.63, 3.8) is 0 Å². The molecule has 0 fully saturated rings. The van der Waals surface area contributed by atoms with Crippen LogP contribution < -0.4 is 14.2 Å². The average Bonchev–Trinajstić information content (AvgIpc) is 3.22. The van der Waals surface area contributed by atoms with Crippen molar-refractivity contribution in [1.29, 1.82) is 0 Å². The highest BCUT2D eigenvalue weighted by atomic mass is 16.5. The molecule has 1 aliphatic rings. The number of aromatic amines is 1. The van der Waals surface area contributed by atoms with E-state index >= 15 is 0 Å². The molecule has 1 aromatic heterocycles. The number of hydrogen-bond acceptors (Lipinski definition) is 6. The van der Waals surface area contributed by atoms with Gasteiger partial charge in [-0.2, -0.15) is 0 Å². The molecule has 0 radical (unpaired) electrons. The van der Waals surface area contributed by atoms with Crippen LogP contribution in [-0.2, 0) is 17.7 Å². The van der Waals surface area contributed by atoms with Crippen LogP contribution in [0.25, 0.3) is 10.9 Å². The minimum absolute atomic E-state index is 0.117. The highest BCUT2D eigenvalue weighted by Crippen LogP contribution is 2.40. The Labute approximate surface area is 198 Å². The van der Waals surface area contributed by atoms with Crippen molar-refractivity contribution in [2.45, 2.75) is 33.7 Å². The maximum atomic E-state index is 13.6. The summed E-state index contributed by atoms with van der Waals surface area (Å²) < 4.78 is 22.2. The number of H-pyrrole nitrogens is 1. The Morgan fingerprint density at radius 1 is 0.941 bits per heavy atom. The third kappa shape index (κ3) is 4.40. The number of nitrogens with zero attached hydrogens (tertiary/aromatic N) is 1. The molecule has 1 N–H and O–H groups in total. The Hall–Kier alpha value is -3.68. The van der Waals surface area contributed by atoms with Gasteiger partial charge in [-0.3, -0.25) is 4.79 Å². The number of carbonyl (C=O) groups excluding carboxylic acids is 2. The van der Waals surface area contributed by atoms with Gasteiger partial charge in [0.25, 0.3) is 5.91 Å². The van der Waals surface area contributed by atoms with E-state index in [1.54, 1.807) is 18.2 Å². The van der Waals surface area contributed by atoms with Crippen molar-refractivity contribution < 1.29 is 28.5 Å². The van der Waals surface area contributed by atoms with Crippen LogP contribution in [-0.4, -0.2) is 55.2 Å². The summed E-state index contributed by atoms with van der Waals surface area (Å²) in [6.07, 6.45) is 0.691. The number of rotatable bonds is 8. The van der Waals surface area contributed by atoms with E-state index in [-0.39, 0.29) is 11.9 Å². The van der Waals surface area contributed by atoms with E-state index in [9.17, 15) is 9.59 Å². The molecule has 0 spiro atoms. The quantitative estimate of drug-likeness (QED) is 0.497. The van der Waals surface area contributed by atoms with Crippen molar-refractivity contribution in [2.24, 2.45) is 0 Å². The van der Waals surface area contributed by atoms with Crippen LogP contribution in [0.5, 0.6) is 17.2 Å².